The maximum Gasteiger partial charge on any atom is 0.0578 e. The van der Waals surface area contributed by atoms with Crippen molar-refractivity contribution in [1.82, 2.24) is 4.98 Å². The van der Waals surface area contributed by atoms with E-state index in [0.717, 1.165) is 35.9 Å². The monoisotopic (exact) mass is 363 g/mol. The third-order valence-electron chi connectivity index (χ3n) is 5.26. The lowest BCUT2D eigenvalue weighted by Gasteiger charge is -2.30. The molecule has 0 atom stereocenters. The van der Waals surface area contributed by atoms with Gasteiger partial charge in [0.1, 0.15) is 0 Å². The number of aromatic nitrogens is 1. The number of benzene rings is 1. The van der Waals surface area contributed by atoms with Gasteiger partial charge in [-0.3, -0.25) is 0 Å². The smallest absolute Gasteiger partial charge is 0.0578 e. The number of fused-ring (bicyclic) bond motifs is 1. The average Bonchev–Trinajstić information content (AvgIpc) is 2.91. The molecular weight excluding hydrogens is 334 g/mol. The molecule has 0 bridgehead atoms. The standard InChI is InChI=1S/C21H30ClNO2/c1-14(2)25-17-7-4-15(5-8-17)12-19-18-9-6-16(22)13-21(18)23-20(19)10-11-24-3/h6,9,13-15,17,23H,4-5,7-8,10-12H2,1-3H3. The largest absolute Gasteiger partial charge is 0.384 e. The average molecular weight is 364 g/mol. The molecule has 1 N–H and O–H groups in total. The molecule has 0 aliphatic heterocycles. The summed E-state index contributed by atoms with van der Waals surface area (Å²) in [6, 6.07) is 6.19. The normalized spacial score (nSPS) is 21.3. The van der Waals surface area contributed by atoms with Crippen LogP contribution in [0.5, 0.6) is 0 Å². The maximum atomic E-state index is 6.18. The summed E-state index contributed by atoms with van der Waals surface area (Å²) in [4.78, 5) is 3.58. The fourth-order valence-corrected chi connectivity index (χ4v) is 4.25. The Morgan fingerprint density at radius 2 is 1.96 bits per heavy atom. The highest BCUT2D eigenvalue weighted by atomic mass is 35.5. The van der Waals surface area contributed by atoms with Gasteiger partial charge in [-0.2, -0.15) is 0 Å². The molecule has 3 nitrogen and oxygen atoms in total. The van der Waals surface area contributed by atoms with Crippen molar-refractivity contribution in [3.63, 3.8) is 0 Å². The van der Waals surface area contributed by atoms with E-state index in [9.17, 15) is 0 Å². The van der Waals surface area contributed by atoms with Crippen LogP contribution in [0.4, 0.5) is 0 Å². The Bertz CT molecular complexity index is 687. The van der Waals surface area contributed by atoms with E-state index >= 15 is 0 Å². The van der Waals surface area contributed by atoms with Crippen molar-refractivity contribution < 1.29 is 9.47 Å². The lowest BCUT2D eigenvalue weighted by molar-refractivity contribution is -0.0195. The summed E-state index contributed by atoms with van der Waals surface area (Å²) in [6.45, 7) is 5.00. The Morgan fingerprint density at radius 3 is 2.64 bits per heavy atom. The summed E-state index contributed by atoms with van der Waals surface area (Å²) < 4.78 is 11.3. The van der Waals surface area contributed by atoms with Gasteiger partial charge in [0.05, 0.1) is 18.8 Å². The van der Waals surface area contributed by atoms with E-state index < -0.39 is 0 Å². The number of rotatable bonds is 7. The molecule has 1 saturated carbocycles. The Morgan fingerprint density at radius 1 is 1.20 bits per heavy atom. The fourth-order valence-electron chi connectivity index (χ4n) is 4.08. The number of ether oxygens (including phenoxy) is 2. The van der Waals surface area contributed by atoms with Crippen LogP contribution in [-0.2, 0) is 22.3 Å². The second-order valence-electron chi connectivity index (χ2n) is 7.55. The van der Waals surface area contributed by atoms with E-state index in [0.29, 0.717) is 12.2 Å². The fraction of sp³-hybridized carbons (Fsp3) is 0.619. The van der Waals surface area contributed by atoms with Crippen LogP contribution in [0.3, 0.4) is 0 Å². The first kappa shape index (κ1) is 18.8. The van der Waals surface area contributed by atoms with Crippen molar-refractivity contribution in [3.8, 4) is 0 Å². The number of hydrogen-bond donors (Lipinski definition) is 1. The topological polar surface area (TPSA) is 34.2 Å². The van der Waals surface area contributed by atoms with Crippen LogP contribution in [0.2, 0.25) is 5.02 Å². The first-order valence-corrected chi connectivity index (χ1v) is 9.88. The molecule has 1 aromatic carbocycles. The molecule has 1 heterocycles. The Hall–Kier alpha value is -1.03. The van der Waals surface area contributed by atoms with Gasteiger partial charge in [-0.1, -0.05) is 17.7 Å². The lowest BCUT2D eigenvalue weighted by atomic mass is 9.82. The summed E-state index contributed by atoms with van der Waals surface area (Å²) >= 11 is 6.18. The van der Waals surface area contributed by atoms with Crippen molar-refractivity contribution in [3.05, 3.63) is 34.5 Å². The first-order valence-electron chi connectivity index (χ1n) is 9.50. The van der Waals surface area contributed by atoms with Crippen molar-refractivity contribution in [1.29, 1.82) is 0 Å². The first-order chi connectivity index (χ1) is 12.1. The highest BCUT2D eigenvalue weighted by Crippen LogP contribution is 2.34. The Kier molecular flexibility index (Phi) is 6.43. The van der Waals surface area contributed by atoms with Gasteiger partial charge >= 0.3 is 0 Å². The predicted molar refractivity (Wildman–Crippen MR) is 105 cm³/mol. The second-order valence-corrected chi connectivity index (χ2v) is 7.98. The molecule has 1 aliphatic rings. The molecule has 2 aromatic rings. The zero-order chi connectivity index (χ0) is 17.8. The minimum Gasteiger partial charge on any atom is -0.384 e. The van der Waals surface area contributed by atoms with Crippen LogP contribution < -0.4 is 0 Å². The van der Waals surface area contributed by atoms with E-state index in [1.165, 1.54) is 42.3 Å². The minimum atomic E-state index is 0.334. The van der Waals surface area contributed by atoms with Crippen molar-refractivity contribution in [2.75, 3.05) is 13.7 Å². The molecule has 4 heteroatoms. The Balaban J connectivity index is 1.74. The van der Waals surface area contributed by atoms with Crippen LogP contribution >= 0.6 is 11.6 Å². The van der Waals surface area contributed by atoms with E-state index in [1.807, 2.05) is 12.1 Å². The van der Waals surface area contributed by atoms with E-state index in [-0.39, 0.29) is 0 Å². The quantitative estimate of drug-likeness (QED) is 0.701. The lowest BCUT2D eigenvalue weighted by Crippen LogP contribution is -2.25. The number of H-pyrrole nitrogens is 1. The second kappa shape index (κ2) is 8.57. The van der Waals surface area contributed by atoms with Crippen molar-refractivity contribution in [2.45, 2.75) is 64.6 Å². The van der Waals surface area contributed by atoms with Gasteiger partial charge in [0, 0.05) is 35.2 Å². The summed E-state index contributed by atoms with van der Waals surface area (Å²) in [5.74, 6) is 0.739. The molecule has 138 valence electrons. The highest BCUT2D eigenvalue weighted by molar-refractivity contribution is 6.31. The molecular formula is C21H30ClNO2. The van der Waals surface area contributed by atoms with Gasteiger partial charge < -0.3 is 14.5 Å². The van der Waals surface area contributed by atoms with Gasteiger partial charge in [0.25, 0.3) is 0 Å². The number of nitrogens with one attached hydrogen (secondary N) is 1. The van der Waals surface area contributed by atoms with E-state index in [2.05, 4.69) is 24.9 Å². The van der Waals surface area contributed by atoms with Crippen molar-refractivity contribution >= 4 is 22.5 Å². The summed E-state index contributed by atoms with van der Waals surface area (Å²) in [5, 5.41) is 2.10. The van der Waals surface area contributed by atoms with Crippen LogP contribution in [0, 0.1) is 5.92 Å². The highest BCUT2D eigenvalue weighted by Gasteiger charge is 2.24. The predicted octanol–water partition coefficient (Wildman–Crippen LogP) is 5.54. The Labute approximate surface area is 156 Å². The van der Waals surface area contributed by atoms with Gasteiger partial charge in [0.2, 0.25) is 0 Å². The molecule has 3 rings (SSSR count). The molecule has 0 spiro atoms. The minimum absolute atomic E-state index is 0.334. The number of hydrogen-bond acceptors (Lipinski definition) is 2. The van der Waals surface area contributed by atoms with Crippen LogP contribution in [-0.4, -0.2) is 30.9 Å². The third kappa shape index (κ3) is 4.78. The van der Waals surface area contributed by atoms with Gasteiger partial charge in [-0.05, 0) is 69.6 Å². The molecule has 0 amide bonds. The maximum absolute atomic E-state index is 6.18. The zero-order valence-corrected chi connectivity index (χ0v) is 16.4. The number of aromatic amines is 1. The third-order valence-corrected chi connectivity index (χ3v) is 5.50. The molecule has 1 aromatic heterocycles. The molecule has 0 saturated heterocycles. The molecule has 25 heavy (non-hydrogen) atoms. The molecule has 1 fully saturated rings. The zero-order valence-electron chi connectivity index (χ0n) is 15.6. The SMILES string of the molecule is COCCc1[nH]c2cc(Cl)ccc2c1CC1CCC(OC(C)C)CC1. The number of halogens is 1. The van der Waals surface area contributed by atoms with Gasteiger partial charge in [0.15, 0.2) is 0 Å². The van der Waals surface area contributed by atoms with E-state index in [1.54, 1.807) is 7.11 Å². The molecule has 0 radical (unpaired) electrons. The van der Waals surface area contributed by atoms with Gasteiger partial charge in [-0.15, -0.1) is 0 Å². The van der Waals surface area contributed by atoms with E-state index in [4.69, 9.17) is 21.1 Å². The summed E-state index contributed by atoms with van der Waals surface area (Å²) in [5.41, 5.74) is 3.90. The number of methoxy groups -OCH3 is 1. The van der Waals surface area contributed by atoms with Crippen LogP contribution in [0.15, 0.2) is 18.2 Å². The summed E-state index contributed by atoms with van der Waals surface area (Å²) in [7, 11) is 1.76. The van der Waals surface area contributed by atoms with Crippen molar-refractivity contribution in [2.24, 2.45) is 5.92 Å². The van der Waals surface area contributed by atoms with Gasteiger partial charge in [-0.25, -0.2) is 0 Å². The summed E-state index contributed by atoms with van der Waals surface area (Å²) in [6.07, 6.45) is 7.71. The van der Waals surface area contributed by atoms with Crippen LogP contribution in [0.25, 0.3) is 10.9 Å². The molecule has 1 aliphatic carbocycles. The van der Waals surface area contributed by atoms with Crippen LogP contribution in [0.1, 0.15) is 50.8 Å². The molecule has 0 unspecified atom stereocenters.